The third-order valence-electron chi connectivity index (χ3n) is 1.67. The highest BCUT2D eigenvalue weighted by molar-refractivity contribution is 5.81. The van der Waals surface area contributed by atoms with Crippen LogP contribution in [-0.4, -0.2) is 9.97 Å². The number of nitrogens with one attached hydrogen (secondary N) is 1. The maximum absolute atomic E-state index is 5.25. The molecular weight excluding hydrogens is 152 g/mol. The molecular formula is C8H8N4. The Morgan fingerprint density at radius 2 is 2.25 bits per heavy atom. The van der Waals surface area contributed by atoms with Crippen molar-refractivity contribution < 1.29 is 0 Å². The molecule has 4 nitrogen and oxygen atoms in total. The molecule has 12 heavy (non-hydrogen) atoms. The molecule has 0 aliphatic heterocycles. The summed E-state index contributed by atoms with van der Waals surface area (Å²) >= 11 is 0. The molecule has 0 aliphatic carbocycles. The zero-order chi connectivity index (χ0) is 8.39. The van der Waals surface area contributed by atoms with Gasteiger partial charge in [-0.2, -0.15) is 0 Å². The molecule has 0 unspecified atom stereocenters. The molecule has 0 fully saturated rings. The Balaban J connectivity index is 2.67. The van der Waals surface area contributed by atoms with Crippen molar-refractivity contribution >= 4 is 16.6 Å². The molecule has 0 bridgehead atoms. The normalized spacial score (nSPS) is 10.1. The highest BCUT2D eigenvalue weighted by Gasteiger charge is 1.94. The van der Waals surface area contributed by atoms with Crippen molar-refractivity contribution in [2.45, 2.75) is 0 Å². The van der Waals surface area contributed by atoms with E-state index in [0.29, 0.717) is 0 Å². The van der Waals surface area contributed by atoms with Crippen LogP contribution < -0.4 is 11.3 Å². The van der Waals surface area contributed by atoms with Gasteiger partial charge in [0.2, 0.25) is 0 Å². The molecule has 0 spiro atoms. The van der Waals surface area contributed by atoms with Gasteiger partial charge in [-0.25, -0.2) is 9.97 Å². The van der Waals surface area contributed by atoms with Gasteiger partial charge in [-0.05, 0) is 18.2 Å². The summed E-state index contributed by atoms with van der Waals surface area (Å²) in [5.74, 6) is 5.25. The van der Waals surface area contributed by atoms with Crippen LogP contribution in [-0.2, 0) is 0 Å². The molecule has 0 saturated carbocycles. The molecule has 4 heteroatoms. The first-order valence-electron chi connectivity index (χ1n) is 3.56. The predicted octanol–water partition coefficient (Wildman–Crippen LogP) is 0.915. The number of aromatic nitrogens is 2. The molecule has 0 amide bonds. The molecule has 0 atom stereocenters. The monoisotopic (exact) mass is 160 g/mol. The van der Waals surface area contributed by atoms with E-state index in [0.717, 1.165) is 16.6 Å². The molecule has 0 radical (unpaired) electrons. The third-order valence-corrected chi connectivity index (χ3v) is 1.67. The van der Waals surface area contributed by atoms with E-state index in [1.807, 2.05) is 18.2 Å². The van der Waals surface area contributed by atoms with Crippen LogP contribution in [0.5, 0.6) is 0 Å². The van der Waals surface area contributed by atoms with Crippen LogP contribution in [0.2, 0.25) is 0 Å². The Morgan fingerprint density at radius 1 is 1.33 bits per heavy atom. The highest BCUT2D eigenvalue weighted by atomic mass is 15.2. The van der Waals surface area contributed by atoms with E-state index in [1.165, 1.54) is 6.33 Å². The van der Waals surface area contributed by atoms with E-state index in [1.54, 1.807) is 6.20 Å². The quantitative estimate of drug-likeness (QED) is 0.481. The maximum Gasteiger partial charge on any atom is 0.116 e. The first kappa shape index (κ1) is 7.00. The number of fused-ring (bicyclic) bond motifs is 1. The number of anilines is 1. The summed E-state index contributed by atoms with van der Waals surface area (Å²) in [7, 11) is 0. The Labute approximate surface area is 69.4 Å². The zero-order valence-corrected chi connectivity index (χ0v) is 6.36. The SMILES string of the molecule is NNc1ccc2ncncc2c1. The molecule has 1 heterocycles. The van der Waals surface area contributed by atoms with Gasteiger partial charge in [0.1, 0.15) is 6.33 Å². The van der Waals surface area contributed by atoms with Crippen molar-refractivity contribution in [3.05, 3.63) is 30.7 Å². The van der Waals surface area contributed by atoms with Crippen LogP contribution in [0, 0.1) is 0 Å². The second kappa shape index (κ2) is 2.75. The summed E-state index contributed by atoms with van der Waals surface area (Å²) in [5.41, 5.74) is 4.34. The average molecular weight is 160 g/mol. The van der Waals surface area contributed by atoms with Crippen LogP contribution in [0.1, 0.15) is 0 Å². The Hall–Kier alpha value is -1.68. The van der Waals surface area contributed by atoms with Crippen molar-refractivity contribution in [3.8, 4) is 0 Å². The van der Waals surface area contributed by atoms with Crippen molar-refractivity contribution in [2.75, 3.05) is 5.43 Å². The highest BCUT2D eigenvalue weighted by Crippen LogP contribution is 2.14. The van der Waals surface area contributed by atoms with E-state index in [9.17, 15) is 0 Å². The predicted molar refractivity (Wildman–Crippen MR) is 47.3 cm³/mol. The number of nitrogens with zero attached hydrogens (tertiary/aromatic N) is 2. The first-order valence-corrected chi connectivity index (χ1v) is 3.56. The first-order chi connectivity index (χ1) is 5.90. The van der Waals surface area contributed by atoms with Crippen LogP contribution in [0.25, 0.3) is 10.9 Å². The third kappa shape index (κ3) is 1.08. The molecule has 2 aromatic rings. The van der Waals surface area contributed by atoms with Gasteiger partial charge in [-0.3, -0.25) is 5.84 Å². The van der Waals surface area contributed by atoms with Crippen LogP contribution >= 0.6 is 0 Å². The van der Waals surface area contributed by atoms with Crippen LogP contribution in [0.3, 0.4) is 0 Å². The summed E-state index contributed by atoms with van der Waals surface area (Å²) in [6.45, 7) is 0. The lowest BCUT2D eigenvalue weighted by Crippen LogP contribution is -2.06. The van der Waals surface area contributed by atoms with Gasteiger partial charge in [-0.1, -0.05) is 0 Å². The van der Waals surface area contributed by atoms with Crippen molar-refractivity contribution in [3.63, 3.8) is 0 Å². The van der Waals surface area contributed by atoms with E-state index in [2.05, 4.69) is 15.4 Å². The van der Waals surface area contributed by atoms with Gasteiger partial charge in [-0.15, -0.1) is 0 Å². The Kier molecular flexibility index (Phi) is 1.60. The number of benzene rings is 1. The largest absolute Gasteiger partial charge is 0.324 e. The second-order valence-electron chi connectivity index (χ2n) is 2.44. The maximum atomic E-state index is 5.25. The lowest BCUT2D eigenvalue weighted by Gasteiger charge is -2.00. The van der Waals surface area contributed by atoms with Crippen molar-refractivity contribution in [2.24, 2.45) is 5.84 Å². The molecule has 2 rings (SSSR count). The molecule has 3 N–H and O–H groups in total. The van der Waals surface area contributed by atoms with E-state index < -0.39 is 0 Å². The van der Waals surface area contributed by atoms with Crippen LogP contribution in [0.15, 0.2) is 30.7 Å². The van der Waals surface area contributed by atoms with E-state index >= 15 is 0 Å². The number of hydrogen-bond donors (Lipinski definition) is 2. The Bertz CT molecular complexity index is 399. The van der Waals surface area contributed by atoms with Crippen molar-refractivity contribution in [1.29, 1.82) is 0 Å². The van der Waals surface area contributed by atoms with Crippen LogP contribution in [0.4, 0.5) is 5.69 Å². The topological polar surface area (TPSA) is 63.8 Å². The van der Waals surface area contributed by atoms with Gasteiger partial charge < -0.3 is 5.43 Å². The lowest BCUT2D eigenvalue weighted by atomic mass is 10.2. The molecule has 0 aliphatic rings. The average Bonchev–Trinajstić information content (AvgIpc) is 2.17. The fourth-order valence-electron chi connectivity index (χ4n) is 1.07. The van der Waals surface area contributed by atoms with E-state index in [-0.39, 0.29) is 0 Å². The summed E-state index contributed by atoms with van der Waals surface area (Å²) < 4.78 is 0. The number of hydrazine groups is 1. The summed E-state index contributed by atoms with van der Waals surface area (Å²) in [6, 6.07) is 5.66. The van der Waals surface area contributed by atoms with Gasteiger partial charge >= 0.3 is 0 Å². The molecule has 60 valence electrons. The molecule has 1 aromatic heterocycles. The summed E-state index contributed by atoms with van der Waals surface area (Å²) in [5, 5.41) is 0.980. The van der Waals surface area contributed by atoms with Gasteiger partial charge in [0.15, 0.2) is 0 Å². The summed E-state index contributed by atoms with van der Waals surface area (Å²) in [6.07, 6.45) is 3.28. The van der Waals surface area contributed by atoms with Crippen molar-refractivity contribution in [1.82, 2.24) is 9.97 Å². The minimum Gasteiger partial charge on any atom is -0.324 e. The van der Waals surface area contributed by atoms with Gasteiger partial charge in [0.05, 0.1) is 5.52 Å². The summed E-state index contributed by atoms with van der Waals surface area (Å²) in [4.78, 5) is 7.99. The standard InChI is InChI=1S/C8H8N4/c9-12-7-1-2-8-6(3-7)4-10-5-11-8/h1-5,12H,9H2. The number of rotatable bonds is 1. The lowest BCUT2D eigenvalue weighted by molar-refractivity contribution is 1.22. The number of hydrogen-bond acceptors (Lipinski definition) is 4. The molecule has 0 saturated heterocycles. The second-order valence-corrected chi connectivity index (χ2v) is 2.44. The van der Waals surface area contributed by atoms with Gasteiger partial charge in [0, 0.05) is 17.3 Å². The fourth-order valence-corrected chi connectivity index (χ4v) is 1.07. The molecule has 1 aromatic carbocycles. The number of nitrogen functional groups attached to an aromatic ring is 1. The Morgan fingerprint density at radius 3 is 3.08 bits per heavy atom. The smallest absolute Gasteiger partial charge is 0.116 e. The zero-order valence-electron chi connectivity index (χ0n) is 6.36. The minimum absolute atomic E-state index is 0.859. The fraction of sp³-hybridized carbons (Fsp3) is 0. The number of nitrogens with two attached hydrogens (primary N) is 1. The minimum atomic E-state index is 0.859. The van der Waals surface area contributed by atoms with E-state index in [4.69, 9.17) is 5.84 Å². The van der Waals surface area contributed by atoms with Gasteiger partial charge in [0.25, 0.3) is 0 Å².